The number of rotatable bonds is 15. The molecule has 11 nitrogen and oxygen atoms in total. The van der Waals surface area contributed by atoms with Gasteiger partial charge in [0.05, 0.1) is 24.4 Å². The van der Waals surface area contributed by atoms with Gasteiger partial charge in [0.25, 0.3) is 5.91 Å². The second-order valence-corrected chi connectivity index (χ2v) is 14.1. The number of piperidine rings is 1. The number of hydrogen-bond donors (Lipinski definition) is 4. The Labute approximate surface area is 309 Å². The van der Waals surface area contributed by atoms with Gasteiger partial charge in [0.15, 0.2) is 16.6 Å². The first-order valence-electron chi connectivity index (χ1n) is 18.2. The lowest BCUT2D eigenvalue weighted by atomic mass is 10.1. The van der Waals surface area contributed by atoms with E-state index < -0.39 is 0 Å². The topological polar surface area (TPSA) is 130 Å². The molecule has 0 atom stereocenters. The van der Waals surface area contributed by atoms with Gasteiger partial charge in [-0.25, -0.2) is 9.78 Å². The quantitative estimate of drug-likeness (QED) is 0.0796. The van der Waals surface area contributed by atoms with Crippen molar-refractivity contribution in [2.24, 2.45) is 0 Å². The second-order valence-electron chi connectivity index (χ2n) is 13.1. The monoisotopic (exact) mass is 724 g/mol. The van der Waals surface area contributed by atoms with Gasteiger partial charge in [0.2, 0.25) is 5.06 Å². The Balaban J connectivity index is 1.10. The van der Waals surface area contributed by atoms with Gasteiger partial charge < -0.3 is 29.8 Å². The molecule has 5 aromatic rings. The molecule has 12 heteroatoms. The number of unbranched alkanes of at least 4 members (excludes halogenated alkanes) is 1. The van der Waals surface area contributed by atoms with Crippen LogP contribution in [0.15, 0.2) is 79.1 Å². The van der Waals surface area contributed by atoms with Crippen molar-refractivity contribution in [2.75, 3.05) is 30.3 Å². The van der Waals surface area contributed by atoms with Gasteiger partial charge in [-0.1, -0.05) is 56.7 Å². The number of thiazole rings is 1. The fourth-order valence-electron chi connectivity index (χ4n) is 6.28. The Bertz CT molecular complexity index is 1950. The summed E-state index contributed by atoms with van der Waals surface area (Å²) in [5, 5.41) is 20.8. The van der Waals surface area contributed by atoms with Crippen molar-refractivity contribution in [1.82, 2.24) is 19.8 Å². The Morgan fingerprint density at radius 1 is 0.981 bits per heavy atom. The lowest BCUT2D eigenvalue weighted by Gasteiger charge is -2.29. The van der Waals surface area contributed by atoms with Crippen LogP contribution in [0.5, 0.6) is 16.6 Å². The number of hydrogen-bond acceptors (Lipinski definition) is 8. The summed E-state index contributed by atoms with van der Waals surface area (Å²) < 4.78 is 14.4. The van der Waals surface area contributed by atoms with Crippen LogP contribution in [-0.4, -0.2) is 63.3 Å². The molecule has 0 unspecified atom stereocenters. The minimum absolute atomic E-state index is 0.106. The Morgan fingerprint density at radius 3 is 2.50 bits per heavy atom. The summed E-state index contributed by atoms with van der Waals surface area (Å²) in [6.07, 6.45) is 8.71. The van der Waals surface area contributed by atoms with Gasteiger partial charge >= 0.3 is 6.03 Å². The highest BCUT2D eigenvalue weighted by atomic mass is 32.1. The number of para-hydroxylation sites is 1. The lowest BCUT2D eigenvalue weighted by molar-refractivity contribution is 0.0794. The van der Waals surface area contributed by atoms with Gasteiger partial charge in [-0.3, -0.25) is 15.0 Å². The number of anilines is 2. The van der Waals surface area contributed by atoms with Crippen LogP contribution < -0.4 is 25.4 Å². The maximum atomic E-state index is 13.2. The van der Waals surface area contributed by atoms with E-state index in [1.165, 1.54) is 22.3 Å². The zero-order valence-electron chi connectivity index (χ0n) is 30.1. The van der Waals surface area contributed by atoms with E-state index in [-0.39, 0.29) is 24.1 Å². The first kappa shape index (κ1) is 36.9. The molecule has 274 valence electrons. The van der Waals surface area contributed by atoms with Crippen molar-refractivity contribution in [3.8, 4) is 22.2 Å². The highest BCUT2D eigenvalue weighted by Crippen LogP contribution is 2.38. The number of carbonyl (C=O) groups is 2. The molecular weight excluding hydrogens is 677 g/mol. The third-order valence-corrected chi connectivity index (χ3v) is 10.1. The molecule has 1 fully saturated rings. The standard InChI is InChI=1S/C40H48N6O5S/c1-4-7-22-50-36-23-30(43-39(49)42-29(5-2)6-3)14-17-35(36)51-37-24-41-40(52-37)44-38(48)27-12-15-31(16-13-27)46-26-28(33-10-8-9-11-34(33)46)25-45-20-18-32(47)19-21-45/h8-17,23-24,26,29,32,47H,4-7,18-22,25H2,1-3H3,(H,41,44,48)(H2,42,43,49). The maximum Gasteiger partial charge on any atom is 0.319 e. The number of aliphatic hydroxyl groups excluding tert-OH is 1. The van der Waals surface area contributed by atoms with Gasteiger partial charge in [-0.2, -0.15) is 0 Å². The number of aromatic nitrogens is 2. The molecule has 2 aromatic heterocycles. The number of ether oxygens (including phenoxy) is 2. The first-order valence-corrected chi connectivity index (χ1v) is 19.0. The summed E-state index contributed by atoms with van der Waals surface area (Å²) in [5.74, 6) is 0.708. The average molecular weight is 725 g/mol. The Morgan fingerprint density at radius 2 is 1.75 bits per heavy atom. The number of fused-ring (bicyclic) bond motifs is 1. The van der Waals surface area contributed by atoms with E-state index >= 15 is 0 Å². The third kappa shape index (κ3) is 9.30. The molecule has 1 aliphatic heterocycles. The minimum atomic E-state index is -0.275. The molecule has 6 rings (SSSR count). The number of amides is 3. The van der Waals surface area contributed by atoms with Crippen molar-refractivity contribution >= 4 is 45.0 Å². The molecule has 0 bridgehead atoms. The predicted octanol–water partition coefficient (Wildman–Crippen LogP) is 8.58. The minimum Gasteiger partial charge on any atom is -0.490 e. The molecule has 0 spiro atoms. The summed E-state index contributed by atoms with van der Waals surface area (Å²) in [6.45, 7) is 9.28. The fraction of sp³-hybridized carbons (Fsp3) is 0.375. The van der Waals surface area contributed by atoms with Crippen molar-refractivity contribution in [3.05, 3.63) is 90.3 Å². The van der Waals surface area contributed by atoms with Gasteiger partial charge in [-0.05, 0) is 80.1 Å². The second kappa shape index (κ2) is 17.5. The van der Waals surface area contributed by atoms with E-state index in [4.69, 9.17) is 9.47 Å². The lowest BCUT2D eigenvalue weighted by Crippen LogP contribution is -2.37. The molecule has 4 N–H and O–H groups in total. The summed E-state index contributed by atoms with van der Waals surface area (Å²) in [4.78, 5) is 32.6. The van der Waals surface area contributed by atoms with Crippen LogP contribution >= 0.6 is 11.3 Å². The zero-order chi connectivity index (χ0) is 36.5. The number of likely N-dealkylation sites (tertiary alicyclic amines) is 1. The van der Waals surface area contributed by atoms with Crippen LogP contribution in [-0.2, 0) is 6.54 Å². The SMILES string of the molecule is CCCCOc1cc(NC(=O)NC(CC)CC)ccc1Oc1cnc(NC(=O)c2ccc(-n3cc(CN4CCC(O)CC4)c4ccccc43)cc2)s1. The zero-order valence-corrected chi connectivity index (χ0v) is 30.9. The summed E-state index contributed by atoms with van der Waals surface area (Å²) >= 11 is 1.21. The van der Waals surface area contributed by atoms with Crippen molar-refractivity contribution < 1.29 is 24.2 Å². The van der Waals surface area contributed by atoms with E-state index in [1.807, 2.05) is 44.2 Å². The summed E-state index contributed by atoms with van der Waals surface area (Å²) in [5.41, 5.74) is 4.41. The number of carbonyl (C=O) groups excluding carboxylic acids is 2. The van der Waals surface area contributed by atoms with Crippen LogP contribution in [0.3, 0.4) is 0 Å². The van der Waals surface area contributed by atoms with Crippen molar-refractivity contribution in [1.29, 1.82) is 0 Å². The molecule has 0 radical (unpaired) electrons. The molecular formula is C40H48N6O5S. The molecule has 0 aliphatic carbocycles. The molecule has 1 aliphatic rings. The van der Waals surface area contributed by atoms with Crippen LogP contribution in [0.1, 0.15) is 75.2 Å². The first-order chi connectivity index (χ1) is 25.3. The number of nitrogens with one attached hydrogen (secondary N) is 3. The largest absolute Gasteiger partial charge is 0.490 e. The Hall–Kier alpha value is -4.91. The smallest absolute Gasteiger partial charge is 0.319 e. The van der Waals surface area contributed by atoms with Crippen LogP contribution in [0, 0.1) is 0 Å². The molecule has 1 saturated heterocycles. The number of aliphatic hydroxyl groups is 1. The molecule has 0 saturated carbocycles. The van der Waals surface area contributed by atoms with Gasteiger partial charge in [0.1, 0.15) is 0 Å². The maximum absolute atomic E-state index is 13.2. The Kier molecular flexibility index (Phi) is 12.4. The van der Waals surface area contributed by atoms with E-state index in [1.54, 1.807) is 24.4 Å². The van der Waals surface area contributed by atoms with E-state index in [0.29, 0.717) is 39.6 Å². The third-order valence-electron chi connectivity index (χ3n) is 9.35. The number of benzene rings is 3. The highest BCUT2D eigenvalue weighted by Gasteiger charge is 2.20. The molecule has 3 amide bonds. The van der Waals surface area contributed by atoms with Crippen molar-refractivity contribution in [2.45, 2.75) is 78.0 Å². The van der Waals surface area contributed by atoms with Crippen molar-refractivity contribution in [3.63, 3.8) is 0 Å². The summed E-state index contributed by atoms with van der Waals surface area (Å²) in [7, 11) is 0. The van der Waals surface area contributed by atoms with Crippen LogP contribution in [0.2, 0.25) is 0 Å². The molecule has 3 heterocycles. The molecule has 3 aromatic carbocycles. The molecule has 52 heavy (non-hydrogen) atoms. The summed E-state index contributed by atoms with van der Waals surface area (Å²) in [6, 6.07) is 21.0. The van der Waals surface area contributed by atoms with Crippen LogP contribution in [0.4, 0.5) is 15.6 Å². The number of nitrogens with zero attached hydrogens (tertiary/aromatic N) is 3. The van der Waals surface area contributed by atoms with E-state index in [9.17, 15) is 14.7 Å². The average Bonchev–Trinajstić information content (AvgIpc) is 3.76. The number of urea groups is 1. The van der Waals surface area contributed by atoms with E-state index in [0.717, 1.165) is 69.4 Å². The van der Waals surface area contributed by atoms with Gasteiger partial charge in [0, 0.05) is 60.3 Å². The highest BCUT2D eigenvalue weighted by molar-refractivity contribution is 7.17. The normalized spacial score (nSPS) is 13.7. The van der Waals surface area contributed by atoms with E-state index in [2.05, 4.69) is 61.7 Å². The van der Waals surface area contributed by atoms with Crippen LogP contribution in [0.25, 0.3) is 16.6 Å². The predicted molar refractivity (Wildman–Crippen MR) is 207 cm³/mol. The van der Waals surface area contributed by atoms with Gasteiger partial charge in [-0.15, -0.1) is 0 Å². The fourth-order valence-corrected chi connectivity index (χ4v) is 6.95.